The van der Waals surface area contributed by atoms with Gasteiger partial charge in [-0.05, 0) is 63.7 Å². The first kappa shape index (κ1) is 39.2. The van der Waals surface area contributed by atoms with Crippen LogP contribution >= 0.6 is 11.8 Å². The van der Waals surface area contributed by atoms with Crippen molar-refractivity contribution < 1.29 is 33.7 Å². The summed E-state index contributed by atoms with van der Waals surface area (Å²) < 4.78 is 18.0. The molecule has 1 saturated heterocycles. The summed E-state index contributed by atoms with van der Waals surface area (Å²) >= 11 is 1.69. The fourth-order valence-corrected chi connectivity index (χ4v) is 7.24. The number of benzene rings is 5. The van der Waals surface area contributed by atoms with Crippen LogP contribution in [0.2, 0.25) is 0 Å². The van der Waals surface area contributed by atoms with Crippen molar-refractivity contribution in [1.82, 2.24) is 10.6 Å². The van der Waals surface area contributed by atoms with E-state index in [0.717, 1.165) is 49.5 Å². The molecule has 6 rings (SSSR count). The molecule has 3 amide bonds. The molecule has 1 aliphatic heterocycles. The van der Waals surface area contributed by atoms with Crippen molar-refractivity contribution in [2.45, 2.75) is 62.4 Å². The van der Waals surface area contributed by atoms with E-state index in [4.69, 9.17) is 14.2 Å². The third kappa shape index (κ3) is 11.3. The van der Waals surface area contributed by atoms with Crippen LogP contribution in [0.1, 0.15) is 53.6 Å². The lowest BCUT2D eigenvalue weighted by Crippen LogP contribution is -2.47. The molecule has 55 heavy (non-hydrogen) atoms. The molecular formula is C44H45N3O7S. The van der Waals surface area contributed by atoms with Gasteiger partial charge >= 0.3 is 12.0 Å². The van der Waals surface area contributed by atoms with Gasteiger partial charge in [0.2, 0.25) is 5.91 Å². The number of hydrogen-bond acceptors (Lipinski definition) is 8. The van der Waals surface area contributed by atoms with Crippen molar-refractivity contribution in [3.63, 3.8) is 0 Å². The summed E-state index contributed by atoms with van der Waals surface area (Å²) in [6.45, 7) is 1.73. The quantitative estimate of drug-likeness (QED) is 0.0668. The molecule has 1 fully saturated rings. The van der Waals surface area contributed by atoms with E-state index in [-0.39, 0.29) is 31.3 Å². The van der Waals surface area contributed by atoms with Gasteiger partial charge in [0.25, 0.3) is 0 Å². The smallest absolute Gasteiger partial charge is 0.328 e. The highest BCUT2D eigenvalue weighted by Gasteiger charge is 2.32. The maximum atomic E-state index is 12.8. The van der Waals surface area contributed by atoms with E-state index in [0.29, 0.717) is 18.6 Å². The van der Waals surface area contributed by atoms with E-state index in [1.54, 1.807) is 11.8 Å². The van der Waals surface area contributed by atoms with Crippen LogP contribution in [0.15, 0.2) is 132 Å². The molecule has 0 saturated carbocycles. The van der Waals surface area contributed by atoms with Crippen LogP contribution in [-0.4, -0.2) is 48.0 Å². The van der Waals surface area contributed by atoms with Crippen LogP contribution in [0, 0.1) is 0 Å². The molecule has 0 bridgehead atoms. The van der Waals surface area contributed by atoms with Crippen LogP contribution in [0.5, 0.6) is 0 Å². The number of rotatable bonds is 14. The normalized spacial score (nSPS) is 17.1. The Morgan fingerprint density at radius 3 is 2.20 bits per heavy atom. The Labute approximate surface area is 325 Å². The number of amides is 3. The van der Waals surface area contributed by atoms with Gasteiger partial charge in [0.05, 0.1) is 25.9 Å². The Balaban J connectivity index is 1.10. The van der Waals surface area contributed by atoms with Gasteiger partial charge in [-0.15, -0.1) is 11.8 Å². The number of carbonyl (C=O) groups excluding carboxylic acids is 3. The molecule has 1 aliphatic rings. The predicted molar refractivity (Wildman–Crippen MR) is 213 cm³/mol. The summed E-state index contributed by atoms with van der Waals surface area (Å²) in [6.07, 6.45) is 0.0739. The molecule has 1 heterocycles. The summed E-state index contributed by atoms with van der Waals surface area (Å²) in [5.41, 5.74) is 7.28. The van der Waals surface area contributed by atoms with E-state index in [1.807, 2.05) is 127 Å². The maximum Gasteiger partial charge on any atom is 0.328 e. The minimum Gasteiger partial charge on any atom is -0.467 e. The van der Waals surface area contributed by atoms with Crippen LogP contribution < -0.4 is 16.0 Å². The number of aliphatic hydroxyl groups excluding tert-OH is 1. The highest BCUT2D eigenvalue weighted by atomic mass is 32.2. The van der Waals surface area contributed by atoms with Crippen molar-refractivity contribution in [3.05, 3.63) is 155 Å². The molecule has 0 radical (unpaired) electrons. The van der Waals surface area contributed by atoms with Crippen molar-refractivity contribution >= 4 is 35.4 Å². The second kappa shape index (κ2) is 19.2. The topological polar surface area (TPSA) is 135 Å². The maximum absolute atomic E-state index is 12.8. The Kier molecular flexibility index (Phi) is 13.7. The van der Waals surface area contributed by atoms with E-state index in [1.165, 1.54) is 14.0 Å². The summed E-state index contributed by atoms with van der Waals surface area (Å²) in [4.78, 5) is 37.7. The lowest BCUT2D eigenvalue weighted by molar-refractivity contribution is -0.245. The summed E-state index contributed by atoms with van der Waals surface area (Å²) in [7, 11) is 1.31. The second-order valence-electron chi connectivity index (χ2n) is 13.3. The van der Waals surface area contributed by atoms with Crippen molar-refractivity contribution in [1.29, 1.82) is 0 Å². The Bertz CT molecular complexity index is 2030. The van der Waals surface area contributed by atoms with Gasteiger partial charge in [0.15, 0.2) is 6.29 Å². The van der Waals surface area contributed by atoms with E-state index in [9.17, 15) is 19.5 Å². The first-order chi connectivity index (χ1) is 26.8. The fraction of sp³-hybridized carbons (Fsp3) is 0.250. The highest BCUT2D eigenvalue weighted by Crippen LogP contribution is 2.40. The van der Waals surface area contributed by atoms with Gasteiger partial charge in [-0.2, -0.15) is 0 Å². The summed E-state index contributed by atoms with van der Waals surface area (Å²) in [5, 5.41) is 18.0. The van der Waals surface area contributed by atoms with Gasteiger partial charge in [-0.1, -0.05) is 97.1 Å². The zero-order valence-electron chi connectivity index (χ0n) is 30.8. The molecule has 10 nitrogen and oxygen atoms in total. The zero-order valence-corrected chi connectivity index (χ0v) is 31.6. The highest BCUT2D eigenvalue weighted by molar-refractivity contribution is 7.99. The van der Waals surface area contributed by atoms with E-state index >= 15 is 0 Å². The van der Waals surface area contributed by atoms with Crippen molar-refractivity contribution in [2.24, 2.45) is 0 Å². The third-order valence-corrected chi connectivity index (χ3v) is 10.3. The number of anilines is 1. The average molecular weight is 760 g/mol. The molecule has 0 aliphatic carbocycles. The molecule has 0 spiro atoms. The SMILES string of the molecule is COC(=O)C(Cc1ccccc1)NC(=O)NCc1cccc(-c2ccc(C3OC(CSc4ccc(NC(C)=O)cc4)CC(c4ccc(CO)cc4)O3)cc2)c1. The number of hydrogen-bond donors (Lipinski definition) is 4. The first-order valence-electron chi connectivity index (χ1n) is 18.1. The van der Waals surface area contributed by atoms with E-state index in [2.05, 4.69) is 16.0 Å². The Hall–Kier alpha value is -5.46. The largest absolute Gasteiger partial charge is 0.467 e. The fourth-order valence-electron chi connectivity index (χ4n) is 6.32. The van der Waals surface area contributed by atoms with Gasteiger partial charge in [-0.25, -0.2) is 9.59 Å². The van der Waals surface area contributed by atoms with Crippen LogP contribution in [0.4, 0.5) is 10.5 Å². The number of aliphatic hydroxyl groups is 1. The van der Waals surface area contributed by atoms with Gasteiger partial charge in [-0.3, -0.25) is 4.79 Å². The standard InChI is InChI=1S/C44H45N3O7S/c1-29(49)46-37-19-21-39(22-20-37)55-28-38-25-41(34-13-11-31(27-48)12-14-34)54-43(53-38)35-17-15-33(16-18-35)36-10-6-9-32(23-36)26-45-44(51)47-40(42(50)52-2)24-30-7-4-3-5-8-30/h3-23,38,40-41,43,48H,24-28H2,1-2H3,(H,46,49)(H2,45,47,51). The van der Waals surface area contributed by atoms with Crippen molar-refractivity contribution in [3.8, 4) is 11.1 Å². The van der Waals surface area contributed by atoms with Crippen LogP contribution in [0.3, 0.4) is 0 Å². The molecule has 5 aromatic carbocycles. The Morgan fingerprint density at radius 2 is 1.51 bits per heavy atom. The van der Waals surface area contributed by atoms with Gasteiger partial charge in [0, 0.05) is 48.2 Å². The van der Waals surface area contributed by atoms with Gasteiger partial charge in [0.1, 0.15) is 6.04 Å². The van der Waals surface area contributed by atoms with Gasteiger partial charge < -0.3 is 35.3 Å². The molecule has 4 atom stereocenters. The molecule has 4 unspecified atom stereocenters. The van der Waals surface area contributed by atoms with Crippen LogP contribution in [0.25, 0.3) is 11.1 Å². The number of thioether (sulfide) groups is 1. The number of methoxy groups -OCH3 is 1. The number of nitrogens with one attached hydrogen (secondary N) is 3. The molecule has 0 aromatic heterocycles. The molecule has 4 N–H and O–H groups in total. The minimum atomic E-state index is -0.819. The minimum absolute atomic E-state index is 0.0225. The lowest BCUT2D eigenvalue weighted by atomic mass is 9.99. The Morgan fingerprint density at radius 1 is 0.800 bits per heavy atom. The number of esters is 1. The zero-order chi connectivity index (χ0) is 38.6. The molecule has 5 aromatic rings. The summed E-state index contributed by atoms with van der Waals surface area (Å²) in [5.74, 6) is 0.0855. The monoisotopic (exact) mass is 759 g/mol. The molecular weight excluding hydrogens is 715 g/mol. The van der Waals surface area contributed by atoms with Crippen LogP contribution in [-0.2, 0) is 43.4 Å². The van der Waals surface area contributed by atoms with E-state index < -0.39 is 24.3 Å². The lowest BCUT2D eigenvalue weighted by Gasteiger charge is -2.36. The number of ether oxygens (including phenoxy) is 3. The average Bonchev–Trinajstić information content (AvgIpc) is 3.22. The predicted octanol–water partition coefficient (Wildman–Crippen LogP) is 7.73. The number of urea groups is 1. The third-order valence-electron chi connectivity index (χ3n) is 9.20. The molecule has 284 valence electrons. The van der Waals surface area contributed by atoms with Crippen molar-refractivity contribution in [2.75, 3.05) is 18.2 Å². The molecule has 11 heteroatoms. The summed E-state index contributed by atoms with van der Waals surface area (Å²) in [6, 6.07) is 39.8. The first-order valence-corrected chi connectivity index (χ1v) is 19.1. The second-order valence-corrected chi connectivity index (χ2v) is 14.4. The number of carbonyl (C=O) groups is 3.